The fourth-order valence-corrected chi connectivity index (χ4v) is 3.49. The molecular formula is C23H28N2O4. The van der Waals surface area contributed by atoms with Crippen LogP contribution in [-0.2, 0) is 14.3 Å². The lowest BCUT2D eigenvalue weighted by Gasteiger charge is -2.31. The zero-order valence-electron chi connectivity index (χ0n) is 16.8. The molecule has 2 amide bonds. The first-order valence-corrected chi connectivity index (χ1v) is 10.1. The van der Waals surface area contributed by atoms with Gasteiger partial charge in [0.2, 0.25) is 5.91 Å². The van der Waals surface area contributed by atoms with Gasteiger partial charge in [0, 0.05) is 19.1 Å². The summed E-state index contributed by atoms with van der Waals surface area (Å²) < 4.78 is 11.0. The zero-order valence-corrected chi connectivity index (χ0v) is 16.8. The molecule has 6 heteroatoms. The lowest BCUT2D eigenvalue weighted by Crippen LogP contribution is -2.47. The number of benzene rings is 2. The second-order valence-corrected chi connectivity index (χ2v) is 7.04. The molecule has 1 N–H and O–H groups in total. The van der Waals surface area contributed by atoms with Crippen LogP contribution in [0.4, 0.5) is 4.79 Å². The van der Waals surface area contributed by atoms with Crippen LogP contribution in [-0.4, -0.2) is 49.2 Å². The number of likely N-dealkylation sites (tertiary alicyclic amines) is 1. The lowest BCUT2D eigenvalue weighted by molar-refractivity contribution is -0.128. The number of nitrogens with one attached hydrogen (secondary N) is 1. The van der Waals surface area contributed by atoms with Crippen LogP contribution in [0, 0.1) is 0 Å². The molecule has 29 heavy (non-hydrogen) atoms. The molecule has 0 aliphatic carbocycles. The first kappa shape index (κ1) is 20.9. The number of amides is 2. The van der Waals surface area contributed by atoms with E-state index >= 15 is 0 Å². The highest BCUT2D eigenvalue weighted by Gasteiger charge is 2.25. The molecule has 6 nitrogen and oxygen atoms in total. The maximum atomic E-state index is 12.5. The number of ether oxygens (including phenoxy) is 2. The van der Waals surface area contributed by atoms with Crippen molar-refractivity contribution >= 4 is 12.0 Å². The molecule has 1 aliphatic rings. The van der Waals surface area contributed by atoms with Gasteiger partial charge in [-0.2, -0.15) is 0 Å². The van der Waals surface area contributed by atoms with Crippen LogP contribution in [0.5, 0.6) is 0 Å². The number of carbonyl (C=O) groups is 2. The number of hydrogen-bond donors (Lipinski definition) is 1. The van der Waals surface area contributed by atoms with Crippen LogP contribution in [0.15, 0.2) is 60.7 Å². The normalized spacial score (nSPS) is 14.6. The molecule has 1 heterocycles. The minimum absolute atomic E-state index is 0.0213. The number of piperidine rings is 1. The summed E-state index contributed by atoms with van der Waals surface area (Å²) >= 11 is 0. The second kappa shape index (κ2) is 10.6. The average molecular weight is 396 g/mol. The highest BCUT2D eigenvalue weighted by Crippen LogP contribution is 2.25. The van der Waals surface area contributed by atoms with E-state index in [-0.39, 0.29) is 30.8 Å². The predicted molar refractivity (Wildman–Crippen MR) is 110 cm³/mol. The van der Waals surface area contributed by atoms with Crippen LogP contribution >= 0.6 is 0 Å². The first-order valence-electron chi connectivity index (χ1n) is 10.1. The number of nitrogens with zero attached hydrogens (tertiary/aromatic N) is 1. The monoisotopic (exact) mass is 396 g/mol. The van der Waals surface area contributed by atoms with Crippen molar-refractivity contribution in [1.82, 2.24) is 10.2 Å². The number of rotatable bonds is 7. The van der Waals surface area contributed by atoms with E-state index in [0.29, 0.717) is 32.5 Å². The Balaban J connectivity index is 1.52. The van der Waals surface area contributed by atoms with Gasteiger partial charge >= 0.3 is 6.09 Å². The van der Waals surface area contributed by atoms with Crippen molar-refractivity contribution in [3.63, 3.8) is 0 Å². The Morgan fingerprint density at radius 1 is 1.00 bits per heavy atom. The van der Waals surface area contributed by atoms with Crippen LogP contribution in [0.3, 0.4) is 0 Å². The van der Waals surface area contributed by atoms with E-state index in [1.165, 1.54) is 0 Å². The molecule has 1 fully saturated rings. The van der Waals surface area contributed by atoms with Gasteiger partial charge in [-0.1, -0.05) is 60.7 Å². The number of carbonyl (C=O) groups excluding carboxylic acids is 2. The minimum atomic E-state index is -0.297. The van der Waals surface area contributed by atoms with Crippen LogP contribution in [0.2, 0.25) is 0 Å². The maximum absolute atomic E-state index is 12.5. The largest absolute Gasteiger partial charge is 0.450 e. The smallest absolute Gasteiger partial charge is 0.409 e. The molecule has 0 unspecified atom stereocenters. The second-order valence-electron chi connectivity index (χ2n) is 7.04. The predicted octanol–water partition coefficient (Wildman–Crippen LogP) is 3.53. The van der Waals surface area contributed by atoms with Crippen molar-refractivity contribution in [2.24, 2.45) is 0 Å². The van der Waals surface area contributed by atoms with Crippen molar-refractivity contribution in [3.8, 4) is 0 Å². The molecule has 0 aromatic heterocycles. The molecule has 0 saturated carbocycles. The zero-order chi connectivity index (χ0) is 20.5. The van der Waals surface area contributed by atoms with Crippen molar-refractivity contribution in [2.75, 3.05) is 26.3 Å². The Hall–Kier alpha value is -2.86. The summed E-state index contributed by atoms with van der Waals surface area (Å²) in [4.78, 5) is 25.9. The molecule has 3 rings (SSSR count). The molecule has 0 spiro atoms. The third kappa shape index (κ3) is 6.06. The van der Waals surface area contributed by atoms with Gasteiger partial charge in [0.15, 0.2) is 0 Å². The summed E-state index contributed by atoms with van der Waals surface area (Å²) in [6.45, 7) is 3.31. The Morgan fingerprint density at radius 2 is 1.55 bits per heavy atom. The van der Waals surface area contributed by atoms with Gasteiger partial charge in [0.25, 0.3) is 0 Å². The van der Waals surface area contributed by atoms with E-state index in [1.54, 1.807) is 11.8 Å². The molecular weight excluding hydrogens is 368 g/mol. The summed E-state index contributed by atoms with van der Waals surface area (Å²) in [6, 6.07) is 19.8. The summed E-state index contributed by atoms with van der Waals surface area (Å²) in [5.41, 5.74) is 2.02. The van der Waals surface area contributed by atoms with Gasteiger partial charge in [-0.25, -0.2) is 4.79 Å². The Labute approximate surface area is 171 Å². The summed E-state index contributed by atoms with van der Waals surface area (Å²) in [6.07, 6.45) is 0.847. The molecule has 1 aliphatic heterocycles. The third-order valence-corrected chi connectivity index (χ3v) is 4.97. The average Bonchev–Trinajstić information content (AvgIpc) is 2.76. The van der Waals surface area contributed by atoms with Crippen molar-refractivity contribution in [2.45, 2.75) is 31.9 Å². The van der Waals surface area contributed by atoms with Crippen LogP contribution in [0.25, 0.3) is 0 Å². The lowest BCUT2D eigenvalue weighted by atomic mass is 10.0. The summed E-state index contributed by atoms with van der Waals surface area (Å²) in [5, 5.41) is 3.03. The SMILES string of the molecule is CCOC(=O)N1CCC(NC(=O)COC(c2ccccc2)c2ccccc2)CC1. The highest BCUT2D eigenvalue weighted by molar-refractivity contribution is 5.77. The Bertz CT molecular complexity index is 734. The van der Waals surface area contributed by atoms with Crippen molar-refractivity contribution < 1.29 is 19.1 Å². The summed E-state index contributed by atoms with van der Waals surface area (Å²) in [5.74, 6) is -0.142. The maximum Gasteiger partial charge on any atom is 0.409 e. The molecule has 2 aromatic carbocycles. The number of hydrogen-bond acceptors (Lipinski definition) is 4. The standard InChI is InChI=1S/C23H28N2O4/c1-2-28-23(27)25-15-13-20(14-16-25)24-21(26)17-29-22(18-9-5-3-6-10-18)19-11-7-4-8-12-19/h3-12,20,22H,2,13-17H2,1H3,(H,24,26). The van der Waals surface area contributed by atoms with Gasteiger partial charge in [-0.05, 0) is 30.9 Å². The highest BCUT2D eigenvalue weighted by atomic mass is 16.6. The van der Waals surface area contributed by atoms with Crippen LogP contribution < -0.4 is 5.32 Å². The van der Waals surface area contributed by atoms with E-state index in [9.17, 15) is 9.59 Å². The fraction of sp³-hybridized carbons (Fsp3) is 0.391. The summed E-state index contributed by atoms with van der Waals surface area (Å²) in [7, 11) is 0. The van der Waals surface area contributed by atoms with Crippen molar-refractivity contribution in [3.05, 3.63) is 71.8 Å². The van der Waals surface area contributed by atoms with Crippen molar-refractivity contribution in [1.29, 1.82) is 0 Å². The topological polar surface area (TPSA) is 67.9 Å². The quantitative estimate of drug-likeness (QED) is 0.777. The van der Waals surface area contributed by atoms with Gasteiger partial charge < -0.3 is 19.7 Å². The third-order valence-electron chi connectivity index (χ3n) is 4.97. The van der Waals surface area contributed by atoms with E-state index in [1.807, 2.05) is 60.7 Å². The van der Waals surface area contributed by atoms with E-state index in [4.69, 9.17) is 9.47 Å². The fourth-order valence-electron chi connectivity index (χ4n) is 3.49. The molecule has 0 atom stereocenters. The molecule has 2 aromatic rings. The molecule has 0 radical (unpaired) electrons. The van der Waals surface area contributed by atoms with Crippen LogP contribution in [0.1, 0.15) is 37.0 Å². The Kier molecular flexibility index (Phi) is 7.64. The first-order chi connectivity index (χ1) is 14.2. The molecule has 0 bridgehead atoms. The van der Waals surface area contributed by atoms with Gasteiger partial charge in [0.05, 0.1) is 6.61 Å². The van der Waals surface area contributed by atoms with Gasteiger partial charge in [0.1, 0.15) is 12.7 Å². The van der Waals surface area contributed by atoms with E-state index in [2.05, 4.69) is 5.32 Å². The van der Waals surface area contributed by atoms with Gasteiger partial charge in [-0.3, -0.25) is 4.79 Å². The minimum Gasteiger partial charge on any atom is -0.450 e. The Morgan fingerprint density at radius 3 is 2.07 bits per heavy atom. The van der Waals surface area contributed by atoms with Gasteiger partial charge in [-0.15, -0.1) is 0 Å². The van der Waals surface area contributed by atoms with E-state index < -0.39 is 0 Å². The van der Waals surface area contributed by atoms with E-state index in [0.717, 1.165) is 11.1 Å². The molecule has 1 saturated heterocycles. The molecule has 154 valence electrons.